The molecule has 2 aliphatic rings. The Bertz CT molecular complexity index is 1040. The molecule has 0 spiro atoms. The molecule has 0 aromatic heterocycles. The maximum absolute atomic E-state index is 13.2. The van der Waals surface area contributed by atoms with Gasteiger partial charge in [-0.1, -0.05) is 6.07 Å². The highest BCUT2D eigenvalue weighted by Crippen LogP contribution is 2.39. The lowest BCUT2D eigenvalue weighted by molar-refractivity contribution is -0.143. The van der Waals surface area contributed by atoms with E-state index in [0.717, 1.165) is 31.2 Å². The summed E-state index contributed by atoms with van der Waals surface area (Å²) in [4.78, 5) is 13.9. The fourth-order valence-corrected chi connectivity index (χ4v) is 4.70. The van der Waals surface area contributed by atoms with Gasteiger partial charge in [0, 0.05) is 25.4 Å². The lowest BCUT2D eigenvalue weighted by atomic mass is 9.98. The van der Waals surface area contributed by atoms with Crippen molar-refractivity contribution in [3.8, 4) is 11.5 Å². The first-order valence-corrected chi connectivity index (χ1v) is 11.3. The molecule has 2 aromatic rings. The van der Waals surface area contributed by atoms with E-state index >= 15 is 0 Å². The lowest BCUT2D eigenvalue weighted by Gasteiger charge is -2.20. The normalized spacial score (nSPS) is 19.5. The molecule has 1 amide bonds. The Morgan fingerprint density at radius 1 is 0.914 bits per heavy atom. The first kappa shape index (κ1) is 25.2. The van der Waals surface area contributed by atoms with Crippen molar-refractivity contribution in [2.24, 2.45) is 0 Å². The Labute approximate surface area is 198 Å². The van der Waals surface area contributed by atoms with Crippen LogP contribution in [0.2, 0.25) is 0 Å². The molecule has 1 aliphatic heterocycles. The molecule has 0 N–H and O–H groups in total. The largest absolute Gasteiger partial charge is 0.493 e. The van der Waals surface area contributed by atoms with Gasteiger partial charge in [-0.3, -0.25) is 4.79 Å². The summed E-state index contributed by atoms with van der Waals surface area (Å²) in [5, 5.41) is 0. The number of benzene rings is 2. The topological polar surface area (TPSA) is 38.8 Å². The number of alkyl halides is 6. The minimum absolute atomic E-state index is 0.0847. The Hall–Kier alpha value is -2.91. The zero-order valence-electron chi connectivity index (χ0n) is 19.0. The van der Waals surface area contributed by atoms with Crippen molar-refractivity contribution >= 4 is 5.91 Å². The van der Waals surface area contributed by atoms with Crippen LogP contribution in [-0.4, -0.2) is 30.6 Å². The quantitative estimate of drug-likeness (QED) is 0.421. The highest BCUT2D eigenvalue weighted by molar-refractivity contribution is 5.80. The van der Waals surface area contributed by atoms with Crippen molar-refractivity contribution in [1.29, 1.82) is 0 Å². The fraction of sp³-hybridized carbons (Fsp3) is 0.480. The molecule has 10 heteroatoms. The Kier molecular flexibility index (Phi) is 6.92. The lowest BCUT2D eigenvalue weighted by Crippen LogP contribution is -2.25. The third-order valence-corrected chi connectivity index (χ3v) is 6.49. The van der Waals surface area contributed by atoms with Crippen molar-refractivity contribution < 1.29 is 40.6 Å². The molecule has 4 nitrogen and oxygen atoms in total. The summed E-state index contributed by atoms with van der Waals surface area (Å²) in [5.74, 6) is 0.517. The van der Waals surface area contributed by atoms with Gasteiger partial charge in [-0.05, 0) is 67.1 Å². The van der Waals surface area contributed by atoms with Crippen LogP contribution < -0.4 is 9.47 Å². The van der Waals surface area contributed by atoms with E-state index < -0.39 is 23.5 Å². The van der Waals surface area contributed by atoms with Gasteiger partial charge in [0.05, 0.1) is 24.3 Å². The molecule has 4 rings (SSSR count). The van der Waals surface area contributed by atoms with Crippen molar-refractivity contribution in [2.75, 3.05) is 13.7 Å². The van der Waals surface area contributed by atoms with E-state index in [1.807, 2.05) is 6.07 Å². The van der Waals surface area contributed by atoms with E-state index in [4.69, 9.17) is 9.47 Å². The SMILES string of the molecule is COc1ccc([C@H]2CC(=O)N(Cc3cc(C(F)(F)F)cc(C(F)(F)F)c3)C2)cc1OC1CCCC1. The summed E-state index contributed by atoms with van der Waals surface area (Å²) >= 11 is 0. The number of halogens is 6. The number of nitrogens with zero attached hydrogens (tertiary/aromatic N) is 1. The maximum atomic E-state index is 13.2. The van der Waals surface area contributed by atoms with Crippen LogP contribution in [0.3, 0.4) is 0 Å². The number of carbonyl (C=O) groups excluding carboxylic acids is 1. The number of hydrogen-bond acceptors (Lipinski definition) is 3. The van der Waals surface area contributed by atoms with Gasteiger partial charge in [-0.15, -0.1) is 0 Å². The number of amides is 1. The second kappa shape index (κ2) is 9.62. The molecule has 1 atom stereocenters. The zero-order valence-corrected chi connectivity index (χ0v) is 19.0. The number of rotatable bonds is 6. The van der Waals surface area contributed by atoms with E-state index in [2.05, 4.69) is 0 Å². The summed E-state index contributed by atoms with van der Waals surface area (Å²) in [6, 6.07) is 6.77. The third kappa shape index (κ3) is 5.85. The van der Waals surface area contributed by atoms with E-state index in [1.165, 1.54) is 12.0 Å². The zero-order chi connectivity index (χ0) is 25.4. The molecule has 0 unspecified atom stereocenters. The van der Waals surface area contributed by atoms with Crippen molar-refractivity contribution in [3.05, 3.63) is 58.7 Å². The Morgan fingerprint density at radius 3 is 2.11 bits per heavy atom. The van der Waals surface area contributed by atoms with E-state index in [1.54, 1.807) is 12.1 Å². The number of likely N-dealkylation sites (tertiary alicyclic amines) is 1. The van der Waals surface area contributed by atoms with Gasteiger partial charge in [0.25, 0.3) is 0 Å². The summed E-state index contributed by atoms with van der Waals surface area (Å²) in [6.45, 7) is -0.171. The first-order valence-electron chi connectivity index (χ1n) is 11.3. The molecule has 190 valence electrons. The predicted octanol–water partition coefficient (Wildman–Crippen LogP) is 6.57. The highest BCUT2D eigenvalue weighted by Gasteiger charge is 2.38. The van der Waals surface area contributed by atoms with Crippen molar-refractivity contribution in [1.82, 2.24) is 4.90 Å². The van der Waals surface area contributed by atoms with E-state index in [-0.39, 0.29) is 49.1 Å². The molecule has 1 saturated heterocycles. The van der Waals surface area contributed by atoms with Gasteiger partial charge < -0.3 is 14.4 Å². The van der Waals surface area contributed by atoms with E-state index in [9.17, 15) is 31.1 Å². The van der Waals surface area contributed by atoms with Crippen LogP contribution in [0.25, 0.3) is 0 Å². The third-order valence-electron chi connectivity index (χ3n) is 6.49. The van der Waals surface area contributed by atoms with Gasteiger partial charge in [0.1, 0.15) is 0 Å². The summed E-state index contributed by atoms with van der Waals surface area (Å²) in [6.07, 6.45) is -5.63. The highest BCUT2D eigenvalue weighted by atomic mass is 19.4. The predicted molar refractivity (Wildman–Crippen MR) is 115 cm³/mol. The number of methoxy groups -OCH3 is 1. The molecular weight excluding hydrogens is 476 g/mol. The number of ether oxygens (including phenoxy) is 2. The van der Waals surface area contributed by atoms with Crippen LogP contribution in [0.1, 0.15) is 60.3 Å². The Morgan fingerprint density at radius 2 is 1.54 bits per heavy atom. The second-order valence-corrected chi connectivity index (χ2v) is 9.02. The molecule has 0 radical (unpaired) electrons. The molecule has 0 bridgehead atoms. The average Bonchev–Trinajstić information content (AvgIpc) is 3.42. The van der Waals surface area contributed by atoms with Gasteiger partial charge in [-0.25, -0.2) is 0 Å². The first-order chi connectivity index (χ1) is 16.4. The molecule has 2 fully saturated rings. The standard InChI is InChI=1S/C25H25F6NO3/c1-34-21-7-6-16(10-22(21)35-20-4-2-3-5-20)17-11-23(33)32(14-17)13-15-8-18(24(26,27)28)12-19(9-15)25(29,30)31/h6-10,12,17,20H,2-5,11,13-14H2,1H3/t17-/m0/s1. The van der Waals surface area contributed by atoms with Crippen LogP contribution >= 0.6 is 0 Å². The summed E-state index contributed by atoms with van der Waals surface area (Å²) in [5.41, 5.74) is -2.21. The number of hydrogen-bond donors (Lipinski definition) is 0. The minimum atomic E-state index is -4.94. The van der Waals surface area contributed by atoms with Crippen LogP contribution in [0.4, 0.5) is 26.3 Å². The van der Waals surface area contributed by atoms with Gasteiger partial charge in [-0.2, -0.15) is 26.3 Å². The summed E-state index contributed by atoms with van der Waals surface area (Å²) in [7, 11) is 1.53. The molecular formula is C25H25F6NO3. The molecule has 35 heavy (non-hydrogen) atoms. The van der Waals surface area contributed by atoms with Crippen LogP contribution in [0.5, 0.6) is 11.5 Å². The van der Waals surface area contributed by atoms with Crippen LogP contribution in [-0.2, 0) is 23.7 Å². The fourth-order valence-electron chi connectivity index (χ4n) is 4.70. The number of carbonyl (C=O) groups is 1. The van der Waals surface area contributed by atoms with E-state index in [0.29, 0.717) is 23.6 Å². The average molecular weight is 501 g/mol. The molecule has 1 saturated carbocycles. The van der Waals surface area contributed by atoms with Gasteiger partial charge >= 0.3 is 12.4 Å². The maximum Gasteiger partial charge on any atom is 0.416 e. The molecule has 1 heterocycles. The second-order valence-electron chi connectivity index (χ2n) is 9.02. The monoisotopic (exact) mass is 501 g/mol. The van der Waals surface area contributed by atoms with Gasteiger partial charge in [0.2, 0.25) is 5.91 Å². The molecule has 2 aromatic carbocycles. The summed E-state index contributed by atoms with van der Waals surface area (Å²) < 4.78 is 90.6. The van der Waals surface area contributed by atoms with Crippen LogP contribution in [0.15, 0.2) is 36.4 Å². The van der Waals surface area contributed by atoms with Crippen molar-refractivity contribution in [3.63, 3.8) is 0 Å². The molecule has 1 aliphatic carbocycles. The Balaban J connectivity index is 1.54. The van der Waals surface area contributed by atoms with Crippen LogP contribution in [0, 0.1) is 0 Å². The minimum Gasteiger partial charge on any atom is -0.493 e. The van der Waals surface area contributed by atoms with Crippen molar-refractivity contribution in [2.45, 2.75) is 63.0 Å². The van der Waals surface area contributed by atoms with Gasteiger partial charge in [0.15, 0.2) is 11.5 Å². The smallest absolute Gasteiger partial charge is 0.416 e.